The number of para-hydroxylation sites is 1. The first-order chi connectivity index (χ1) is 13.1. The molecule has 2 aromatic rings. The number of benzene rings is 2. The van der Waals surface area contributed by atoms with Crippen LogP contribution in [0.1, 0.15) is 12.0 Å². The number of carbonyl (C=O) groups is 2. The number of ether oxygens (including phenoxy) is 1. The molecule has 3 rings (SSSR count). The van der Waals surface area contributed by atoms with Gasteiger partial charge in [0.15, 0.2) is 0 Å². The first-order valence-electron chi connectivity index (χ1n) is 9.07. The Morgan fingerprint density at radius 2 is 2.00 bits per heavy atom. The topological polar surface area (TPSA) is 61.9 Å². The van der Waals surface area contributed by atoms with Crippen molar-refractivity contribution in [1.29, 1.82) is 0 Å². The summed E-state index contributed by atoms with van der Waals surface area (Å²) in [6.07, 6.45) is 1.29. The van der Waals surface area contributed by atoms with Crippen molar-refractivity contribution in [1.82, 2.24) is 4.90 Å². The third-order valence-corrected chi connectivity index (χ3v) is 4.66. The Morgan fingerprint density at radius 3 is 2.81 bits per heavy atom. The number of carbonyl (C=O) groups excluding carboxylic acids is 2. The van der Waals surface area contributed by atoms with E-state index in [0.29, 0.717) is 24.4 Å². The van der Waals surface area contributed by atoms with E-state index < -0.39 is 0 Å². The van der Waals surface area contributed by atoms with E-state index in [9.17, 15) is 9.59 Å². The van der Waals surface area contributed by atoms with Gasteiger partial charge >= 0.3 is 0 Å². The molecule has 0 aliphatic carbocycles. The highest BCUT2D eigenvalue weighted by atomic mass is 16.5. The Hall–Kier alpha value is -2.86. The van der Waals surface area contributed by atoms with Crippen molar-refractivity contribution >= 4 is 23.2 Å². The monoisotopic (exact) mass is 367 g/mol. The van der Waals surface area contributed by atoms with Crippen LogP contribution in [0.2, 0.25) is 0 Å². The zero-order chi connectivity index (χ0) is 19.2. The smallest absolute Gasteiger partial charge is 0.238 e. The summed E-state index contributed by atoms with van der Waals surface area (Å²) in [6.45, 7) is 1.49. The summed E-state index contributed by atoms with van der Waals surface area (Å²) in [6, 6.07) is 15.2. The van der Waals surface area contributed by atoms with Gasteiger partial charge in [-0.2, -0.15) is 0 Å². The molecule has 6 nitrogen and oxygen atoms in total. The SMILES string of the molecule is COc1cccc(NC(=O)CN(C)CCC(=O)N2CCc3ccccc32)c1. The molecule has 0 radical (unpaired) electrons. The van der Waals surface area contributed by atoms with Crippen LogP contribution in [0.25, 0.3) is 0 Å². The quantitative estimate of drug-likeness (QED) is 0.817. The van der Waals surface area contributed by atoms with Crippen LogP contribution in [0.5, 0.6) is 5.75 Å². The minimum Gasteiger partial charge on any atom is -0.497 e. The Kier molecular flexibility index (Phi) is 6.08. The van der Waals surface area contributed by atoms with E-state index in [1.54, 1.807) is 13.2 Å². The van der Waals surface area contributed by atoms with Gasteiger partial charge in [-0.05, 0) is 37.2 Å². The van der Waals surface area contributed by atoms with E-state index in [4.69, 9.17) is 4.74 Å². The number of likely N-dealkylation sites (N-methyl/N-ethyl adjacent to an activating group) is 1. The van der Waals surface area contributed by atoms with Crippen molar-refractivity contribution in [2.75, 3.05) is 44.0 Å². The zero-order valence-corrected chi connectivity index (χ0v) is 15.8. The second-order valence-electron chi connectivity index (χ2n) is 6.69. The Morgan fingerprint density at radius 1 is 1.19 bits per heavy atom. The lowest BCUT2D eigenvalue weighted by atomic mass is 10.2. The first-order valence-corrected chi connectivity index (χ1v) is 9.07. The number of hydrogen-bond acceptors (Lipinski definition) is 4. The van der Waals surface area contributed by atoms with Crippen molar-refractivity contribution < 1.29 is 14.3 Å². The van der Waals surface area contributed by atoms with Crippen molar-refractivity contribution in [2.45, 2.75) is 12.8 Å². The number of anilines is 2. The van der Waals surface area contributed by atoms with Gasteiger partial charge in [-0.15, -0.1) is 0 Å². The number of rotatable bonds is 7. The van der Waals surface area contributed by atoms with Crippen LogP contribution in [-0.2, 0) is 16.0 Å². The Bertz CT molecular complexity index is 822. The molecule has 2 aromatic carbocycles. The maximum atomic E-state index is 12.5. The molecule has 1 N–H and O–H groups in total. The average molecular weight is 367 g/mol. The summed E-state index contributed by atoms with van der Waals surface area (Å²) >= 11 is 0. The van der Waals surface area contributed by atoms with Crippen LogP contribution < -0.4 is 15.0 Å². The molecule has 0 bridgehead atoms. The van der Waals surface area contributed by atoms with Gasteiger partial charge in [0.2, 0.25) is 11.8 Å². The molecule has 0 saturated heterocycles. The molecule has 1 heterocycles. The fraction of sp³-hybridized carbons (Fsp3) is 0.333. The minimum absolute atomic E-state index is 0.0972. The van der Waals surface area contributed by atoms with Gasteiger partial charge in [0.1, 0.15) is 5.75 Å². The van der Waals surface area contributed by atoms with Crippen LogP contribution in [0.4, 0.5) is 11.4 Å². The van der Waals surface area contributed by atoms with E-state index >= 15 is 0 Å². The van der Waals surface area contributed by atoms with Gasteiger partial charge in [-0.1, -0.05) is 24.3 Å². The van der Waals surface area contributed by atoms with E-state index in [-0.39, 0.29) is 18.4 Å². The lowest BCUT2D eigenvalue weighted by Crippen LogP contribution is -2.35. The highest BCUT2D eigenvalue weighted by molar-refractivity contribution is 5.95. The van der Waals surface area contributed by atoms with Crippen molar-refractivity contribution in [3.8, 4) is 5.75 Å². The lowest BCUT2D eigenvalue weighted by Gasteiger charge is -2.20. The molecule has 1 aliphatic heterocycles. The molecule has 6 heteroatoms. The largest absolute Gasteiger partial charge is 0.497 e. The predicted molar refractivity (Wildman–Crippen MR) is 106 cm³/mol. The summed E-state index contributed by atoms with van der Waals surface area (Å²) in [5, 5.41) is 2.85. The van der Waals surface area contributed by atoms with E-state index in [0.717, 1.165) is 18.7 Å². The summed E-state index contributed by atoms with van der Waals surface area (Å²) in [5.41, 5.74) is 2.93. The van der Waals surface area contributed by atoms with E-state index in [2.05, 4.69) is 11.4 Å². The molecule has 1 aliphatic rings. The van der Waals surface area contributed by atoms with Crippen molar-refractivity contribution in [3.63, 3.8) is 0 Å². The molecule has 0 aromatic heterocycles. The van der Waals surface area contributed by atoms with E-state index in [1.807, 2.05) is 53.2 Å². The average Bonchev–Trinajstić information content (AvgIpc) is 3.10. The molecule has 27 heavy (non-hydrogen) atoms. The molecule has 0 unspecified atom stereocenters. The van der Waals surface area contributed by atoms with Gasteiger partial charge in [0.25, 0.3) is 0 Å². The number of hydrogen-bond donors (Lipinski definition) is 1. The van der Waals surface area contributed by atoms with Gasteiger partial charge in [-0.25, -0.2) is 0 Å². The molecule has 2 amide bonds. The number of methoxy groups -OCH3 is 1. The van der Waals surface area contributed by atoms with Crippen molar-refractivity contribution in [2.24, 2.45) is 0 Å². The number of amides is 2. The predicted octanol–water partition coefficient (Wildman–Crippen LogP) is 2.54. The first kappa shape index (κ1) is 18.9. The molecule has 0 saturated carbocycles. The van der Waals surface area contributed by atoms with Crippen molar-refractivity contribution in [3.05, 3.63) is 54.1 Å². The van der Waals surface area contributed by atoms with Crippen LogP contribution in [0, 0.1) is 0 Å². The van der Waals surface area contributed by atoms with Crippen LogP contribution in [0.15, 0.2) is 48.5 Å². The minimum atomic E-state index is -0.121. The van der Waals surface area contributed by atoms with Crippen LogP contribution in [-0.4, -0.2) is 50.5 Å². The zero-order valence-electron chi connectivity index (χ0n) is 15.8. The standard InChI is InChI=1S/C21H25N3O3/c1-23(15-20(25)22-17-7-5-8-18(14-17)27-2)12-11-21(26)24-13-10-16-6-3-4-9-19(16)24/h3-9,14H,10-13,15H2,1-2H3,(H,22,25). The van der Waals surface area contributed by atoms with Crippen LogP contribution >= 0.6 is 0 Å². The second-order valence-corrected chi connectivity index (χ2v) is 6.69. The molecular weight excluding hydrogens is 342 g/mol. The molecule has 0 spiro atoms. The maximum Gasteiger partial charge on any atom is 0.238 e. The normalized spacial score (nSPS) is 12.8. The summed E-state index contributed by atoms with van der Waals surface area (Å²) < 4.78 is 5.15. The van der Waals surface area contributed by atoms with E-state index in [1.165, 1.54) is 5.56 Å². The molecule has 0 atom stereocenters. The molecular formula is C21H25N3O3. The van der Waals surface area contributed by atoms with Crippen LogP contribution in [0.3, 0.4) is 0 Å². The molecule has 0 fully saturated rings. The summed E-state index contributed by atoms with van der Waals surface area (Å²) in [7, 11) is 3.43. The summed E-state index contributed by atoms with van der Waals surface area (Å²) in [4.78, 5) is 28.4. The maximum absolute atomic E-state index is 12.5. The second kappa shape index (κ2) is 8.68. The molecule has 142 valence electrons. The number of nitrogens with zero attached hydrogens (tertiary/aromatic N) is 2. The van der Waals surface area contributed by atoms with Gasteiger partial charge in [0, 0.05) is 37.0 Å². The lowest BCUT2D eigenvalue weighted by molar-refractivity contribution is -0.120. The highest BCUT2D eigenvalue weighted by Gasteiger charge is 2.24. The third-order valence-electron chi connectivity index (χ3n) is 4.66. The Balaban J connectivity index is 1.46. The third kappa shape index (κ3) is 4.86. The highest BCUT2D eigenvalue weighted by Crippen LogP contribution is 2.27. The summed E-state index contributed by atoms with van der Waals surface area (Å²) in [5.74, 6) is 0.669. The van der Waals surface area contributed by atoms with Gasteiger partial charge < -0.3 is 15.0 Å². The van der Waals surface area contributed by atoms with Gasteiger partial charge in [-0.3, -0.25) is 14.5 Å². The number of nitrogens with one attached hydrogen (secondary N) is 1. The Labute approximate surface area is 159 Å². The van der Waals surface area contributed by atoms with Gasteiger partial charge in [0.05, 0.1) is 13.7 Å². The fourth-order valence-electron chi connectivity index (χ4n) is 3.24. The number of fused-ring (bicyclic) bond motifs is 1. The fourth-order valence-corrected chi connectivity index (χ4v) is 3.24.